The molecule has 1 aliphatic rings. The van der Waals surface area contributed by atoms with Crippen LogP contribution in [0.5, 0.6) is 0 Å². The first kappa shape index (κ1) is 14.5. The smallest absolute Gasteiger partial charge is 0.244 e. The number of rotatable bonds is 8. The average molecular weight is 288 g/mol. The summed E-state index contributed by atoms with van der Waals surface area (Å²) in [6.45, 7) is 2.82. The van der Waals surface area contributed by atoms with Gasteiger partial charge in [0.05, 0.1) is 13.2 Å². The lowest BCUT2D eigenvalue weighted by Crippen LogP contribution is -2.27. The Balaban J connectivity index is 2.01. The van der Waals surface area contributed by atoms with E-state index in [1.807, 2.05) is 0 Å². The van der Waals surface area contributed by atoms with Crippen molar-refractivity contribution < 1.29 is 17.6 Å². The fourth-order valence-corrected chi connectivity index (χ4v) is 2.98. The molecule has 7 heteroatoms. The van der Waals surface area contributed by atoms with Crippen LogP contribution in [0, 0.1) is 6.92 Å². The third-order valence-electron chi connectivity index (χ3n) is 2.95. The molecule has 1 aliphatic carbocycles. The number of sulfonamides is 1. The summed E-state index contributed by atoms with van der Waals surface area (Å²) in [6, 6.07) is 2.14. The highest BCUT2D eigenvalue weighted by Gasteiger charge is 2.23. The van der Waals surface area contributed by atoms with Crippen LogP contribution in [0.3, 0.4) is 0 Å². The fourth-order valence-electron chi connectivity index (χ4n) is 1.77. The van der Waals surface area contributed by atoms with Crippen LogP contribution in [0.15, 0.2) is 15.4 Å². The van der Waals surface area contributed by atoms with Crippen molar-refractivity contribution in [3.63, 3.8) is 0 Å². The summed E-state index contributed by atoms with van der Waals surface area (Å²) in [6.07, 6.45) is 2.37. The quantitative estimate of drug-likeness (QED) is 0.690. The molecule has 0 bridgehead atoms. The Labute approximate surface area is 113 Å². The molecule has 0 saturated heterocycles. The highest BCUT2D eigenvalue weighted by molar-refractivity contribution is 7.89. The van der Waals surface area contributed by atoms with Gasteiger partial charge >= 0.3 is 0 Å². The van der Waals surface area contributed by atoms with Gasteiger partial charge in [-0.2, -0.15) is 0 Å². The summed E-state index contributed by atoms with van der Waals surface area (Å²) in [4.78, 5) is 0.205. The predicted molar refractivity (Wildman–Crippen MR) is 70.4 cm³/mol. The first-order valence-corrected chi connectivity index (χ1v) is 7.82. The van der Waals surface area contributed by atoms with Crippen LogP contribution < -0.4 is 10.0 Å². The molecule has 0 amide bonds. The zero-order valence-corrected chi connectivity index (χ0v) is 12.0. The van der Waals surface area contributed by atoms with Gasteiger partial charge in [0.2, 0.25) is 10.0 Å². The first-order valence-electron chi connectivity index (χ1n) is 6.34. The Morgan fingerprint density at radius 3 is 2.84 bits per heavy atom. The number of nitrogens with one attached hydrogen (secondary N) is 2. The standard InChI is InChI=1S/C12H20N2O4S/c1-9-12(19(15,16)14-5-6-17-2)7-11(18-9)8-13-10-3-4-10/h7,10,13-14H,3-6,8H2,1-2H3. The van der Waals surface area contributed by atoms with E-state index < -0.39 is 10.0 Å². The molecule has 0 spiro atoms. The zero-order chi connectivity index (χ0) is 13.9. The largest absolute Gasteiger partial charge is 0.464 e. The predicted octanol–water partition coefficient (Wildman–Crippen LogP) is 0.765. The molecule has 0 atom stereocenters. The van der Waals surface area contributed by atoms with Crippen LogP contribution in [0.2, 0.25) is 0 Å². The molecular weight excluding hydrogens is 268 g/mol. The van der Waals surface area contributed by atoms with Crippen molar-refractivity contribution in [2.24, 2.45) is 0 Å². The first-order chi connectivity index (χ1) is 9.03. The van der Waals surface area contributed by atoms with Gasteiger partial charge in [-0.25, -0.2) is 13.1 Å². The number of furan rings is 1. The van der Waals surface area contributed by atoms with Gasteiger partial charge in [-0.05, 0) is 19.8 Å². The topological polar surface area (TPSA) is 80.6 Å². The molecule has 1 aromatic heterocycles. The molecule has 6 nitrogen and oxygen atoms in total. The minimum atomic E-state index is -3.52. The van der Waals surface area contributed by atoms with Gasteiger partial charge in [0, 0.05) is 25.8 Å². The molecular formula is C12H20N2O4S. The Morgan fingerprint density at radius 2 is 2.21 bits per heavy atom. The molecule has 2 rings (SSSR count). The van der Waals surface area contributed by atoms with Crippen LogP contribution in [0.25, 0.3) is 0 Å². The van der Waals surface area contributed by atoms with Gasteiger partial charge in [-0.15, -0.1) is 0 Å². The van der Waals surface area contributed by atoms with Crippen molar-refractivity contribution in [1.82, 2.24) is 10.0 Å². The van der Waals surface area contributed by atoms with Crippen molar-refractivity contribution in [2.75, 3.05) is 20.3 Å². The molecule has 0 radical (unpaired) electrons. The Morgan fingerprint density at radius 1 is 1.47 bits per heavy atom. The molecule has 1 saturated carbocycles. The molecule has 0 aromatic carbocycles. The second-order valence-corrected chi connectivity index (χ2v) is 6.41. The van der Waals surface area contributed by atoms with Crippen molar-refractivity contribution in [1.29, 1.82) is 0 Å². The molecule has 0 unspecified atom stereocenters. The van der Waals surface area contributed by atoms with Crippen molar-refractivity contribution in [3.8, 4) is 0 Å². The van der Waals surface area contributed by atoms with E-state index in [1.165, 1.54) is 20.0 Å². The average Bonchev–Trinajstić information content (AvgIpc) is 3.09. The molecule has 1 heterocycles. The van der Waals surface area contributed by atoms with Gasteiger partial charge in [-0.1, -0.05) is 0 Å². The van der Waals surface area contributed by atoms with Crippen LogP contribution in [0.4, 0.5) is 0 Å². The summed E-state index contributed by atoms with van der Waals surface area (Å²) in [5.41, 5.74) is 0. The minimum absolute atomic E-state index is 0.205. The third kappa shape index (κ3) is 4.04. The van der Waals surface area contributed by atoms with Crippen molar-refractivity contribution >= 4 is 10.0 Å². The summed E-state index contributed by atoms with van der Waals surface area (Å²) in [5.74, 6) is 1.06. The summed E-state index contributed by atoms with van der Waals surface area (Å²) >= 11 is 0. The Bertz CT molecular complexity index is 520. The van der Waals surface area contributed by atoms with Crippen molar-refractivity contribution in [2.45, 2.75) is 37.2 Å². The van der Waals surface area contributed by atoms with E-state index in [9.17, 15) is 8.42 Å². The number of methoxy groups -OCH3 is 1. The van der Waals surface area contributed by atoms with E-state index in [0.717, 1.165) is 0 Å². The molecule has 108 valence electrons. The summed E-state index contributed by atoms with van der Waals surface area (Å²) < 4.78 is 36.9. The lowest BCUT2D eigenvalue weighted by molar-refractivity contribution is 0.204. The Hall–Kier alpha value is -0.890. The van der Waals surface area contributed by atoms with Gasteiger partial charge in [0.15, 0.2) is 0 Å². The van der Waals surface area contributed by atoms with Gasteiger partial charge in [-0.3, -0.25) is 0 Å². The summed E-state index contributed by atoms with van der Waals surface area (Å²) in [5, 5.41) is 3.29. The molecule has 0 aliphatic heterocycles. The number of ether oxygens (including phenoxy) is 1. The van der Waals surface area contributed by atoms with E-state index >= 15 is 0 Å². The molecule has 19 heavy (non-hydrogen) atoms. The SMILES string of the molecule is COCCNS(=O)(=O)c1cc(CNC2CC2)oc1C. The second kappa shape index (κ2) is 6.04. The number of hydrogen-bond acceptors (Lipinski definition) is 5. The highest BCUT2D eigenvalue weighted by atomic mass is 32.2. The highest BCUT2D eigenvalue weighted by Crippen LogP contribution is 2.22. The second-order valence-electron chi connectivity index (χ2n) is 4.68. The Kier molecular flexibility index (Phi) is 4.62. The van der Waals surface area contributed by atoms with Crippen LogP contribution in [-0.4, -0.2) is 34.7 Å². The van der Waals surface area contributed by atoms with E-state index in [0.29, 0.717) is 30.7 Å². The maximum Gasteiger partial charge on any atom is 0.244 e. The van der Waals surface area contributed by atoms with E-state index in [1.54, 1.807) is 13.0 Å². The van der Waals surface area contributed by atoms with E-state index in [2.05, 4.69) is 10.0 Å². The minimum Gasteiger partial charge on any atom is -0.464 e. The third-order valence-corrected chi connectivity index (χ3v) is 4.52. The van der Waals surface area contributed by atoms with Crippen LogP contribution in [0.1, 0.15) is 24.4 Å². The monoisotopic (exact) mass is 288 g/mol. The maximum absolute atomic E-state index is 12.0. The van der Waals surface area contributed by atoms with Gasteiger partial charge < -0.3 is 14.5 Å². The van der Waals surface area contributed by atoms with Crippen LogP contribution in [-0.2, 0) is 21.3 Å². The maximum atomic E-state index is 12.0. The number of hydrogen-bond donors (Lipinski definition) is 2. The molecule has 1 aromatic rings. The normalized spacial score (nSPS) is 15.9. The lowest BCUT2D eigenvalue weighted by atomic mass is 10.4. The molecule has 2 N–H and O–H groups in total. The lowest BCUT2D eigenvalue weighted by Gasteiger charge is -2.04. The van der Waals surface area contributed by atoms with E-state index in [4.69, 9.17) is 9.15 Å². The van der Waals surface area contributed by atoms with Crippen LogP contribution >= 0.6 is 0 Å². The van der Waals surface area contributed by atoms with Gasteiger partial charge in [0.1, 0.15) is 16.4 Å². The van der Waals surface area contributed by atoms with Gasteiger partial charge in [0.25, 0.3) is 0 Å². The molecule has 1 fully saturated rings. The van der Waals surface area contributed by atoms with E-state index in [-0.39, 0.29) is 11.4 Å². The fraction of sp³-hybridized carbons (Fsp3) is 0.667. The van der Waals surface area contributed by atoms with Crippen molar-refractivity contribution in [3.05, 3.63) is 17.6 Å². The number of aryl methyl sites for hydroxylation is 1. The summed E-state index contributed by atoms with van der Waals surface area (Å²) in [7, 11) is -1.99. The zero-order valence-electron chi connectivity index (χ0n) is 11.2.